The van der Waals surface area contributed by atoms with Crippen molar-refractivity contribution in [3.63, 3.8) is 0 Å². The van der Waals surface area contributed by atoms with Crippen LogP contribution in [0.15, 0.2) is 0 Å². The van der Waals surface area contributed by atoms with Gasteiger partial charge in [-0.05, 0) is 29.4 Å². The molecule has 0 fully saturated rings. The highest BCUT2D eigenvalue weighted by atomic mass is 35.5. The quantitative estimate of drug-likeness (QED) is 0.639. The molecule has 0 rings (SSSR count). The van der Waals surface area contributed by atoms with E-state index in [0.29, 0.717) is 0 Å². The third-order valence-corrected chi connectivity index (χ3v) is 3.53. The first-order valence-electron chi connectivity index (χ1n) is 4.97. The van der Waals surface area contributed by atoms with Gasteiger partial charge in [0.1, 0.15) is 0 Å². The molecule has 0 radical (unpaired) electrons. The standard InChI is InChI=1S/C11H21ClO/c1-7(2)11(8(3)4,9(5)6)10(12)13/h7-9H,1-6H3. The molecule has 0 aromatic carbocycles. The first kappa shape index (κ1) is 13.0. The highest BCUT2D eigenvalue weighted by molar-refractivity contribution is 6.64. The predicted molar refractivity (Wildman–Crippen MR) is 57.8 cm³/mol. The highest BCUT2D eigenvalue weighted by Crippen LogP contribution is 2.44. The van der Waals surface area contributed by atoms with Gasteiger partial charge in [0.25, 0.3) is 0 Å². The third-order valence-electron chi connectivity index (χ3n) is 3.21. The Morgan fingerprint density at radius 2 is 1.15 bits per heavy atom. The van der Waals surface area contributed by atoms with Crippen LogP contribution in [0.4, 0.5) is 0 Å². The summed E-state index contributed by atoms with van der Waals surface area (Å²) in [5, 5.41) is -0.187. The van der Waals surface area contributed by atoms with Gasteiger partial charge in [0.2, 0.25) is 5.24 Å². The van der Waals surface area contributed by atoms with Crippen molar-refractivity contribution in [3.8, 4) is 0 Å². The summed E-state index contributed by atoms with van der Waals surface area (Å²) in [6.07, 6.45) is 0. The van der Waals surface area contributed by atoms with Crippen molar-refractivity contribution in [2.75, 3.05) is 0 Å². The monoisotopic (exact) mass is 204 g/mol. The second-order valence-corrected chi connectivity index (χ2v) is 5.01. The second-order valence-electron chi connectivity index (χ2n) is 4.67. The Hall–Kier alpha value is -0.0400. The maximum Gasteiger partial charge on any atom is 0.228 e. The molecule has 0 saturated carbocycles. The van der Waals surface area contributed by atoms with Crippen LogP contribution in [0.2, 0.25) is 0 Å². The van der Waals surface area contributed by atoms with Crippen molar-refractivity contribution in [2.45, 2.75) is 41.5 Å². The summed E-state index contributed by atoms with van der Waals surface area (Å²) in [5.74, 6) is 0.868. The van der Waals surface area contributed by atoms with Gasteiger partial charge in [-0.25, -0.2) is 0 Å². The van der Waals surface area contributed by atoms with Crippen molar-refractivity contribution in [1.82, 2.24) is 0 Å². The molecule has 0 unspecified atom stereocenters. The lowest BCUT2D eigenvalue weighted by Gasteiger charge is -2.41. The molecule has 78 valence electrons. The van der Waals surface area contributed by atoms with Crippen LogP contribution in [0.5, 0.6) is 0 Å². The van der Waals surface area contributed by atoms with E-state index in [1.807, 2.05) is 0 Å². The van der Waals surface area contributed by atoms with Crippen molar-refractivity contribution in [3.05, 3.63) is 0 Å². The van der Waals surface area contributed by atoms with Crippen LogP contribution in [0.3, 0.4) is 0 Å². The largest absolute Gasteiger partial charge is 0.281 e. The molecule has 0 aromatic heterocycles. The summed E-state index contributed by atoms with van der Waals surface area (Å²) in [4.78, 5) is 11.6. The molecule has 0 aliphatic rings. The fourth-order valence-electron chi connectivity index (χ4n) is 2.68. The number of carbonyl (C=O) groups is 1. The van der Waals surface area contributed by atoms with E-state index in [9.17, 15) is 4.79 Å². The molecule has 0 spiro atoms. The molecule has 1 nitrogen and oxygen atoms in total. The Bertz CT molecular complexity index is 161. The van der Waals surface area contributed by atoms with Crippen molar-refractivity contribution < 1.29 is 4.79 Å². The van der Waals surface area contributed by atoms with Gasteiger partial charge in [0, 0.05) is 0 Å². The van der Waals surface area contributed by atoms with Crippen LogP contribution in [0.1, 0.15) is 41.5 Å². The molecule has 0 aliphatic heterocycles. The minimum Gasteiger partial charge on any atom is -0.281 e. The number of hydrogen-bond donors (Lipinski definition) is 0. The molecule has 0 amide bonds. The minimum atomic E-state index is -0.373. The lowest BCUT2D eigenvalue weighted by atomic mass is 9.63. The maximum absolute atomic E-state index is 11.6. The number of hydrogen-bond acceptors (Lipinski definition) is 1. The molecule has 0 N–H and O–H groups in total. The normalized spacial score (nSPS) is 13.1. The van der Waals surface area contributed by atoms with Crippen LogP contribution in [0.25, 0.3) is 0 Å². The summed E-state index contributed by atoms with van der Waals surface area (Å²) in [6, 6.07) is 0. The zero-order valence-corrected chi connectivity index (χ0v) is 10.3. The Morgan fingerprint density at radius 3 is 1.15 bits per heavy atom. The summed E-state index contributed by atoms with van der Waals surface area (Å²) < 4.78 is 0. The Kier molecular flexibility index (Phi) is 4.44. The number of carbonyl (C=O) groups excluding carboxylic acids is 1. The summed E-state index contributed by atoms with van der Waals surface area (Å²) >= 11 is 5.75. The molecule has 0 heterocycles. The first-order chi connectivity index (χ1) is 5.77. The average Bonchev–Trinajstić information content (AvgIpc) is 1.82. The molecular weight excluding hydrogens is 184 g/mol. The molecule has 0 saturated heterocycles. The minimum absolute atomic E-state index is 0.187. The third kappa shape index (κ3) is 2.07. The molecule has 0 atom stereocenters. The molecule has 2 heteroatoms. The maximum atomic E-state index is 11.6. The van der Waals surface area contributed by atoms with Crippen molar-refractivity contribution >= 4 is 16.8 Å². The Labute approximate surface area is 86.9 Å². The smallest absolute Gasteiger partial charge is 0.228 e. The Balaban J connectivity index is 5.19. The molecule has 0 aliphatic carbocycles. The fourth-order valence-corrected chi connectivity index (χ4v) is 3.34. The van der Waals surface area contributed by atoms with E-state index in [0.717, 1.165) is 0 Å². The van der Waals surface area contributed by atoms with E-state index in [2.05, 4.69) is 41.5 Å². The van der Waals surface area contributed by atoms with Crippen molar-refractivity contribution in [2.24, 2.45) is 23.2 Å². The summed E-state index contributed by atoms with van der Waals surface area (Å²) in [7, 11) is 0. The van der Waals surface area contributed by atoms with Gasteiger partial charge in [-0.2, -0.15) is 0 Å². The van der Waals surface area contributed by atoms with Gasteiger partial charge in [0.05, 0.1) is 5.41 Å². The summed E-state index contributed by atoms with van der Waals surface area (Å²) in [5.41, 5.74) is -0.373. The fraction of sp³-hybridized carbons (Fsp3) is 0.909. The van der Waals surface area contributed by atoms with E-state index in [1.54, 1.807) is 0 Å². The van der Waals surface area contributed by atoms with Gasteiger partial charge in [-0.15, -0.1) is 0 Å². The van der Waals surface area contributed by atoms with Gasteiger partial charge in [-0.1, -0.05) is 41.5 Å². The molecular formula is C11H21ClO. The van der Waals surface area contributed by atoms with Crippen LogP contribution in [-0.2, 0) is 4.79 Å². The van der Waals surface area contributed by atoms with Gasteiger partial charge < -0.3 is 0 Å². The van der Waals surface area contributed by atoms with E-state index in [4.69, 9.17) is 11.6 Å². The molecule has 13 heavy (non-hydrogen) atoms. The zero-order valence-electron chi connectivity index (χ0n) is 9.52. The van der Waals surface area contributed by atoms with E-state index >= 15 is 0 Å². The SMILES string of the molecule is CC(C)C(C(=O)Cl)(C(C)C)C(C)C. The van der Waals surface area contributed by atoms with Gasteiger partial charge in [0.15, 0.2) is 0 Å². The van der Waals surface area contributed by atoms with Crippen LogP contribution in [-0.4, -0.2) is 5.24 Å². The average molecular weight is 205 g/mol. The molecule has 0 aromatic rings. The second kappa shape index (κ2) is 4.45. The molecule has 0 bridgehead atoms. The lowest BCUT2D eigenvalue weighted by molar-refractivity contribution is -0.129. The van der Waals surface area contributed by atoms with Gasteiger partial charge in [-0.3, -0.25) is 4.79 Å². The topological polar surface area (TPSA) is 17.1 Å². The number of rotatable bonds is 4. The van der Waals surface area contributed by atoms with Crippen LogP contribution >= 0.6 is 11.6 Å². The van der Waals surface area contributed by atoms with Gasteiger partial charge >= 0.3 is 0 Å². The highest BCUT2D eigenvalue weighted by Gasteiger charge is 2.45. The van der Waals surface area contributed by atoms with Crippen molar-refractivity contribution in [1.29, 1.82) is 0 Å². The van der Waals surface area contributed by atoms with E-state index in [-0.39, 0.29) is 28.4 Å². The Morgan fingerprint density at radius 1 is 0.923 bits per heavy atom. The number of halogens is 1. The van der Waals surface area contributed by atoms with E-state index in [1.165, 1.54) is 0 Å². The zero-order chi connectivity index (χ0) is 10.8. The lowest BCUT2D eigenvalue weighted by Crippen LogP contribution is -2.43. The van der Waals surface area contributed by atoms with Crippen LogP contribution < -0.4 is 0 Å². The van der Waals surface area contributed by atoms with Crippen LogP contribution in [0, 0.1) is 23.2 Å². The summed E-state index contributed by atoms with van der Waals surface area (Å²) in [6.45, 7) is 12.4. The first-order valence-corrected chi connectivity index (χ1v) is 5.35. The van der Waals surface area contributed by atoms with E-state index < -0.39 is 0 Å². The predicted octanol–water partition coefficient (Wildman–Crippen LogP) is 3.71.